The van der Waals surface area contributed by atoms with Crippen LogP contribution in [0.3, 0.4) is 0 Å². The average Bonchev–Trinajstić information content (AvgIpc) is 2.90. The third-order valence-electron chi connectivity index (χ3n) is 5.88. The number of nitrogens with zero attached hydrogens (tertiary/aromatic N) is 2. The summed E-state index contributed by atoms with van der Waals surface area (Å²) in [4.78, 5) is 44.8. The van der Waals surface area contributed by atoms with Gasteiger partial charge in [0.1, 0.15) is 18.1 Å². The Morgan fingerprint density at radius 2 is 1.95 bits per heavy atom. The summed E-state index contributed by atoms with van der Waals surface area (Å²) in [6.07, 6.45) is 1.54. The van der Waals surface area contributed by atoms with Crippen LogP contribution in [0.4, 0.5) is 0 Å². The van der Waals surface area contributed by atoms with Crippen molar-refractivity contribution in [1.82, 2.24) is 15.2 Å². The number of benzene rings is 1. The van der Waals surface area contributed by atoms with E-state index < -0.39 is 17.8 Å². The molecule has 0 radical (unpaired) electrons. The highest BCUT2D eigenvalue weighted by molar-refractivity contribution is 6.05. The zero-order chi connectivity index (χ0) is 26.9. The van der Waals surface area contributed by atoms with Crippen molar-refractivity contribution >= 4 is 23.9 Å². The van der Waals surface area contributed by atoms with E-state index in [9.17, 15) is 14.4 Å². The molecule has 0 atom stereocenters. The van der Waals surface area contributed by atoms with Gasteiger partial charge in [-0.1, -0.05) is 26.5 Å². The Hall–Kier alpha value is -3.76. The number of hydrogen-bond acceptors (Lipinski definition) is 8. The normalized spacial score (nSPS) is 13.7. The Morgan fingerprint density at radius 1 is 1.22 bits per heavy atom. The number of rotatable bonds is 11. The number of nitrogens with one attached hydrogen (secondary N) is 1. The summed E-state index contributed by atoms with van der Waals surface area (Å²) >= 11 is 0. The first-order valence-corrected chi connectivity index (χ1v) is 12.2. The lowest BCUT2D eigenvalue weighted by atomic mass is 9.94. The fourth-order valence-electron chi connectivity index (χ4n) is 3.87. The first-order valence-electron chi connectivity index (χ1n) is 12.2. The van der Waals surface area contributed by atoms with Crippen molar-refractivity contribution in [3.63, 3.8) is 0 Å². The number of nitrogens with two attached hydrogens (primary N) is 1. The van der Waals surface area contributed by atoms with Gasteiger partial charge in [-0.05, 0) is 30.2 Å². The monoisotopic (exact) mass is 510 g/mol. The fourth-order valence-corrected chi connectivity index (χ4v) is 3.87. The second-order valence-corrected chi connectivity index (χ2v) is 8.99. The van der Waals surface area contributed by atoms with E-state index in [0.29, 0.717) is 48.7 Å². The van der Waals surface area contributed by atoms with Crippen LogP contribution in [0.25, 0.3) is 17.2 Å². The van der Waals surface area contributed by atoms with E-state index in [-0.39, 0.29) is 29.5 Å². The molecule has 0 unspecified atom stereocenters. The van der Waals surface area contributed by atoms with Crippen LogP contribution in [-0.2, 0) is 9.47 Å². The van der Waals surface area contributed by atoms with Gasteiger partial charge in [0.2, 0.25) is 5.91 Å². The molecular weight excluding hydrogens is 476 g/mol. The highest BCUT2D eigenvalue weighted by Gasteiger charge is 2.24. The van der Waals surface area contributed by atoms with E-state index in [1.165, 1.54) is 19.3 Å². The minimum absolute atomic E-state index is 0.0554. The van der Waals surface area contributed by atoms with Crippen molar-refractivity contribution in [1.29, 1.82) is 0 Å². The number of morpholine rings is 1. The van der Waals surface area contributed by atoms with Crippen molar-refractivity contribution in [2.24, 2.45) is 11.7 Å². The van der Waals surface area contributed by atoms with Gasteiger partial charge in [-0.25, -0.2) is 9.78 Å². The highest BCUT2D eigenvalue weighted by Crippen LogP contribution is 2.33. The van der Waals surface area contributed by atoms with Crippen molar-refractivity contribution in [2.45, 2.75) is 13.8 Å². The van der Waals surface area contributed by atoms with Gasteiger partial charge in [-0.2, -0.15) is 0 Å². The van der Waals surface area contributed by atoms with E-state index in [1.54, 1.807) is 18.2 Å². The topological polar surface area (TPSA) is 133 Å². The average molecular weight is 511 g/mol. The first-order chi connectivity index (χ1) is 17.7. The maximum Gasteiger partial charge on any atom is 0.357 e. The summed E-state index contributed by atoms with van der Waals surface area (Å²) in [6.45, 7) is 11.6. The molecule has 10 heteroatoms. The van der Waals surface area contributed by atoms with Crippen LogP contribution in [0, 0.1) is 5.92 Å². The molecule has 2 aromatic rings. The Labute approximate surface area is 216 Å². The Bertz CT molecular complexity index is 1160. The molecule has 3 rings (SSSR count). The van der Waals surface area contributed by atoms with Crippen LogP contribution < -0.4 is 15.8 Å². The summed E-state index contributed by atoms with van der Waals surface area (Å²) < 4.78 is 16.3. The third kappa shape index (κ3) is 7.14. The number of hydrogen-bond donors (Lipinski definition) is 2. The van der Waals surface area contributed by atoms with Crippen molar-refractivity contribution < 1.29 is 28.6 Å². The number of methoxy groups -OCH3 is 1. The molecule has 0 saturated carbocycles. The summed E-state index contributed by atoms with van der Waals surface area (Å²) in [7, 11) is 1.48. The maximum atomic E-state index is 13.3. The standard InChI is InChI=1S/C27H34N4O6/c1-5-18-14-21(25(28)32)20(15-23(18)35-4)19-6-7-22(26(33)29-16-17(2)3)30-24(19)27(34)37-13-10-31-8-11-36-12-9-31/h5-7,14-15,17H,1,8-13,16H2,2-4H3,(H2,28,32)(H,29,33). The zero-order valence-electron chi connectivity index (χ0n) is 21.5. The molecule has 37 heavy (non-hydrogen) atoms. The lowest BCUT2D eigenvalue weighted by molar-refractivity contribution is 0.0193. The van der Waals surface area contributed by atoms with Crippen molar-refractivity contribution in [3.8, 4) is 16.9 Å². The molecule has 2 heterocycles. The minimum Gasteiger partial charge on any atom is -0.496 e. The quantitative estimate of drug-likeness (QED) is 0.440. The number of aromatic nitrogens is 1. The van der Waals surface area contributed by atoms with E-state index in [0.717, 1.165) is 13.1 Å². The summed E-state index contributed by atoms with van der Waals surface area (Å²) in [5.41, 5.74) is 6.96. The lowest BCUT2D eigenvalue weighted by Crippen LogP contribution is -2.38. The minimum atomic E-state index is -0.719. The van der Waals surface area contributed by atoms with Gasteiger partial charge >= 0.3 is 5.97 Å². The molecule has 198 valence electrons. The van der Waals surface area contributed by atoms with Gasteiger partial charge in [0, 0.05) is 48.4 Å². The molecule has 1 aliphatic heterocycles. The largest absolute Gasteiger partial charge is 0.496 e. The Kier molecular flexibility index (Phi) is 9.76. The third-order valence-corrected chi connectivity index (χ3v) is 5.88. The predicted octanol–water partition coefficient (Wildman–Crippen LogP) is 2.37. The number of amides is 2. The summed E-state index contributed by atoms with van der Waals surface area (Å²) in [6, 6.07) is 6.19. The fraction of sp³-hybridized carbons (Fsp3) is 0.407. The predicted molar refractivity (Wildman–Crippen MR) is 140 cm³/mol. The summed E-state index contributed by atoms with van der Waals surface area (Å²) in [5, 5.41) is 2.80. The molecule has 10 nitrogen and oxygen atoms in total. The lowest BCUT2D eigenvalue weighted by Gasteiger charge is -2.26. The maximum absolute atomic E-state index is 13.3. The second kappa shape index (κ2) is 13.0. The highest BCUT2D eigenvalue weighted by atomic mass is 16.5. The molecule has 1 saturated heterocycles. The van der Waals surface area contributed by atoms with E-state index in [4.69, 9.17) is 19.9 Å². The molecule has 0 bridgehead atoms. The van der Waals surface area contributed by atoms with Crippen LogP contribution in [0.5, 0.6) is 5.75 Å². The molecular formula is C27H34N4O6. The van der Waals surface area contributed by atoms with Crippen LogP contribution >= 0.6 is 0 Å². The van der Waals surface area contributed by atoms with Gasteiger partial charge < -0.3 is 25.3 Å². The summed E-state index contributed by atoms with van der Waals surface area (Å²) in [5.74, 6) is -1.17. The molecule has 0 spiro atoms. The van der Waals surface area contributed by atoms with Gasteiger partial charge in [-0.3, -0.25) is 14.5 Å². The number of carbonyl (C=O) groups is 3. The Morgan fingerprint density at radius 3 is 2.57 bits per heavy atom. The van der Waals surface area contributed by atoms with Crippen molar-refractivity contribution in [2.75, 3.05) is 53.1 Å². The molecule has 1 fully saturated rings. The van der Waals surface area contributed by atoms with Gasteiger partial charge in [0.15, 0.2) is 5.69 Å². The molecule has 1 aromatic carbocycles. The number of primary amides is 1. The first kappa shape index (κ1) is 27.8. The second-order valence-electron chi connectivity index (χ2n) is 8.99. The SMILES string of the molecule is C=Cc1cc(C(N)=O)c(-c2ccc(C(=O)NCC(C)C)nc2C(=O)OCCN2CCOCC2)cc1OC. The van der Waals surface area contributed by atoms with Crippen LogP contribution in [-0.4, -0.2) is 80.8 Å². The van der Waals surface area contributed by atoms with E-state index >= 15 is 0 Å². The van der Waals surface area contributed by atoms with Crippen LogP contribution in [0.1, 0.15) is 50.7 Å². The number of carbonyl (C=O) groups excluding carboxylic acids is 3. The number of ether oxygens (including phenoxy) is 3. The van der Waals surface area contributed by atoms with Gasteiger partial charge in [0.05, 0.1) is 20.3 Å². The van der Waals surface area contributed by atoms with Crippen molar-refractivity contribution in [3.05, 3.63) is 53.4 Å². The number of pyridine rings is 1. The molecule has 1 aromatic heterocycles. The van der Waals surface area contributed by atoms with Crippen LogP contribution in [0.15, 0.2) is 30.8 Å². The zero-order valence-corrected chi connectivity index (χ0v) is 21.5. The Balaban J connectivity index is 2.01. The van der Waals surface area contributed by atoms with E-state index in [2.05, 4.69) is 21.8 Å². The smallest absolute Gasteiger partial charge is 0.357 e. The van der Waals surface area contributed by atoms with Crippen LogP contribution in [0.2, 0.25) is 0 Å². The molecule has 0 aliphatic carbocycles. The molecule has 3 N–H and O–H groups in total. The van der Waals surface area contributed by atoms with E-state index in [1.807, 2.05) is 13.8 Å². The molecule has 1 aliphatic rings. The van der Waals surface area contributed by atoms with Gasteiger partial charge in [-0.15, -0.1) is 0 Å². The van der Waals surface area contributed by atoms with Gasteiger partial charge in [0.25, 0.3) is 5.91 Å². The number of esters is 1. The molecule has 2 amide bonds.